The molecule has 1 saturated heterocycles. The highest BCUT2D eigenvalue weighted by atomic mass is 16.5. The van der Waals surface area contributed by atoms with Gasteiger partial charge in [0.2, 0.25) is 5.91 Å². The van der Waals surface area contributed by atoms with Gasteiger partial charge in [-0.1, -0.05) is 0 Å². The molecule has 0 spiro atoms. The maximum absolute atomic E-state index is 11.9. The molecule has 2 unspecified atom stereocenters. The minimum Gasteiger partial charge on any atom is -0.378 e. The van der Waals surface area contributed by atoms with Gasteiger partial charge in [-0.15, -0.1) is 0 Å². The van der Waals surface area contributed by atoms with Crippen LogP contribution >= 0.6 is 0 Å². The summed E-state index contributed by atoms with van der Waals surface area (Å²) >= 11 is 0. The van der Waals surface area contributed by atoms with Crippen LogP contribution in [0, 0.1) is 5.92 Å². The molecule has 1 N–H and O–H groups in total. The summed E-state index contributed by atoms with van der Waals surface area (Å²) in [6.45, 7) is 4.07. The van der Waals surface area contributed by atoms with E-state index in [0.717, 1.165) is 19.4 Å². The number of carbonyl (C=O) groups excluding carboxylic acids is 1. The zero-order valence-electron chi connectivity index (χ0n) is 10.1. The number of carbonyl (C=O) groups is 1. The van der Waals surface area contributed by atoms with Crippen molar-refractivity contribution in [2.24, 2.45) is 5.92 Å². The van der Waals surface area contributed by atoms with Crippen LogP contribution in [0.2, 0.25) is 0 Å². The first-order valence-corrected chi connectivity index (χ1v) is 6.14. The monoisotopic (exact) mass is 237 g/mol. The van der Waals surface area contributed by atoms with Gasteiger partial charge in [-0.25, -0.2) is 0 Å². The molecule has 2 heterocycles. The highest BCUT2D eigenvalue weighted by Gasteiger charge is 2.28. The Balaban J connectivity index is 1.73. The third kappa shape index (κ3) is 3.30. The Bertz CT molecular complexity index is 351. The Morgan fingerprint density at radius 1 is 1.65 bits per heavy atom. The minimum atomic E-state index is 0.00127. The second-order valence-corrected chi connectivity index (χ2v) is 4.38. The molecule has 94 valence electrons. The van der Waals surface area contributed by atoms with Gasteiger partial charge < -0.3 is 10.1 Å². The lowest BCUT2D eigenvalue weighted by atomic mass is 9.94. The topological polar surface area (TPSA) is 56.1 Å². The molecule has 5 heteroatoms. The first-order valence-electron chi connectivity index (χ1n) is 6.14. The molecule has 0 saturated carbocycles. The van der Waals surface area contributed by atoms with Crippen molar-refractivity contribution in [3.05, 3.63) is 18.5 Å². The van der Waals surface area contributed by atoms with Crippen LogP contribution in [0.3, 0.4) is 0 Å². The van der Waals surface area contributed by atoms with Crippen LogP contribution in [0.4, 0.5) is 0 Å². The summed E-state index contributed by atoms with van der Waals surface area (Å²) in [5.74, 6) is 0.103. The van der Waals surface area contributed by atoms with E-state index >= 15 is 0 Å². The summed E-state index contributed by atoms with van der Waals surface area (Å²) in [6, 6.07) is 1.87. The van der Waals surface area contributed by atoms with E-state index in [9.17, 15) is 4.79 Å². The minimum absolute atomic E-state index is 0.00127. The molecular weight excluding hydrogens is 218 g/mol. The largest absolute Gasteiger partial charge is 0.378 e. The third-order valence-electron chi connectivity index (χ3n) is 3.14. The number of ether oxygens (including phenoxy) is 1. The van der Waals surface area contributed by atoms with Crippen LogP contribution in [-0.2, 0) is 16.1 Å². The molecule has 5 nitrogen and oxygen atoms in total. The van der Waals surface area contributed by atoms with E-state index in [1.807, 2.05) is 19.2 Å². The summed E-state index contributed by atoms with van der Waals surface area (Å²) in [7, 11) is 0. The second-order valence-electron chi connectivity index (χ2n) is 4.38. The zero-order valence-corrected chi connectivity index (χ0v) is 10.1. The maximum Gasteiger partial charge on any atom is 0.225 e. The van der Waals surface area contributed by atoms with Crippen LogP contribution in [0.25, 0.3) is 0 Å². The summed E-state index contributed by atoms with van der Waals surface area (Å²) < 4.78 is 7.29. The van der Waals surface area contributed by atoms with Gasteiger partial charge in [0, 0.05) is 25.5 Å². The van der Waals surface area contributed by atoms with Gasteiger partial charge in [0.05, 0.1) is 18.6 Å². The summed E-state index contributed by atoms with van der Waals surface area (Å²) in [6.07, 6.45) is 5.56. The van der Waals surface area contributed by atoms with Gasteiger partial charge in [0.25, 0.3) is 0 Å². The molecule has 1 aromatic heterocycles. The van der Waals surface area contributed by atoms with E-state index < -0.39 is 0 Å². The van der Waals surface area contributed by atoms with Crippen LogP contribution in [0.15, 0.2) is 18.5 Å². The lowest BCUT2D eigenvalue weighted by Gasteiger charge is -2.27. The van der Waals surface area contributed by atoms with Crippen molar-refractivity contribution in [1.29, 1.82) is 0 Å². The van der Waals surface area contributed by atoms with Crippen LogP contribution in [0.1, 0.15) is 19.8 Å². The molecule has 0 radical (unpaired) electrons. The highest BCUT2D eigenvalue weighted by molar-refractivity contribution is 5.79. The predicted molar refractivity (Wildman–Crippen MR) is 63.4 cm³/mol. The lowest BCUT2D eigenvalue weighted by Crippen LogP contribution is -2.41. The van der Waals surface area contributed by atoms with Crippen molar-refractivity contribution in [1.82, 2.24) is 15.1 Å². The van der Waals surface area contributed by atoms with Crippen molar-refractivity contribution >= 4 is 5.91 Å². The number of hydrogen-bond donors (Lipinski definition) is 1. The van der Waals surface area contributed by atoms with Gasteiger partial charge in [-0.3, -0.25) is 9.48 Å². The Morgan fingerprint density at radius 3 is 3.24 bits per heavy atom. The summed E-state index contributed by atoms with van der Waals surface area (Å²) in [4.78, 5) is 11.9. The Hall–Kier alpha value is -1.36. The average molecular weight is 237 g/mol. The van der Waals surface area contributed by atoms with E-state index in [2.05, 4.69) is 10.4 Å². The molecule has 1 aromatic rings. The summed E-state index contributed by atoms with van der Waals surface area (Å²) in [5, 5.41) is 7.02. The first kappa shape index (κ1) is 12.1. The van der Waals surface area contributed by atoms with Crippen LogP contribution in [0.5, 0.6) is 0 Å². The number of aromatic nitrogens is 2. The van der Waals surface area contributed by atoms with E-state index in [-0.39, 0.29) is 17.9 Å². The first-order chi connectivity index (χ1) is 8.27. The lowest BCUT2D eigenvalue weighted by molar-refractivity contribution is -0.133. The fourth-order valence-corrected chi connectivity index (χ4v) is 2.13. The fourth-order valence-electron chi connectivity index (χ4n) is 2.13. The molecule has 1 aliphatic rings. The molecule has 2 rings (SSSR count). The number of rotatable bonds is 4. The van der Waals surface area contributed by atoms with Gasteiger partial charge in [-0.05, 0) is 25.8 Å². The van der Waals surface area contributed by atoms with Crippen molar-refractivity contribution in [2.75, 3.05) is 13.2 Å². The molecule has 0 aliphatic carbocycles. The molecule has 1 amide bonds. The average Bonchev–Trinajstić information content (AvgIpc) is 2.82. The maximum atomic E-state index is 11.9. The standard InChI is InChI=1S/C12H19N3O2/c1-10-11(4-2-9-17-10)12(16)13-6-8-15-7-3-5-14-15/h3,5,7,10-11H,2,4,6,8-9H2,1H3,(H,13,16). The molecule has 2 atom stereocenters. The van der Waals surface area contributed by atoms with E-state index in [4.69, 9.17) is 4.74 Å². The number of nitrogens with one attached hydrogen (secondary N) is 1. The summed E-state index contributed by atoms with van der Waals surface area (Å²) in [5.41, 5.74) is 0. The van der Waals surface area contributed by atoms with Crippen LogP contribution in [-0.4, -0.2) is 34.9 Å². The highest BCUT2D eigenvalue weighted by Crippen LogP contribution is 2.20. The number of nitrogens with zero attached hydrogens (tertiary/aromatic N) is 2. The normalized spacial score (nSPS) is 24.5. The molecule has 17 heavy (non-hydrogen) atoms. The zero-order chi connectivity index (χ0) is 12.1. The van der Waals surface area contributed by atoms with E-state index in [0.29, 0.717) is 13.1 Å². The second kappa shape index (κ2) is 5.82. The van der Waals surface area contributed by atoms with Gasteiger partial charge in [0.1, 0.15) is 0 Å². The Morgan fingerprint density at radius 2 is 2.53 bits per heavy atom. The quantitative estimate of drug-likeness (QED) is 0.843. The SMILES string of the molecule is CC1OCCCC1C(=O)NCCn1cccn1. The third-order valence-corrected chi connectivity index (χ3v) is 3.14. The van der Waals surface area contributed by atoms with Crippen molar-refractivity contribution in [3.8, 4) is 0 Å². The predicted octanol–water partition coefficient (Wildman–Crippen LogP) is 0.814. The number of hydrogen-bond acceptors (Lipinski definition) is 3. The Labute approximate surface area is 101 Å². The van der Waals surface area contributed by atoms with Crippen molar-refractivity contribution < 1.29 is 9.53 Å². The van der Waals surface area contributed by atoms with Crippen molar-refractivity contribution in [2.45, 2.75) is 32.4 Å². The van der Waals surface area contributed by atoms with Gasteiger partial charge >= 0.3 is 0 Å². The van der Waals surface area contributed by atoms with E-state index in [1.54, 1.807) is 10.9 Å². The van der Waals surface area contributed by atoms with Crippen LogP contribution < -0.4 is 5.32 Å². The molecule has 1 fully saturated rings. The van der Waals surface area contributed by atoms with Gasteiger partial charge in [-0.2, -0.15) is 5.10 Å². The fraction of sp³-hybridized carbons (Fsp3) is 0.667. The number of amides is 1. The molecule has 1 aliphatic heterocycles. The molecule has 0 aromatic carbocycles. The molecular formula is C12H19N3O2. The Kier molecular flexibility index (Phi) is 4.14. The van der Waals surface area contributed by atoms with Crippen molar-refractivity contribution in [3.63, 3.8) is 0 Å². The van der Waals surface area contributed by atoms with E-state index in [1.165, 1.54) is 0 Å². The molecule has 0 bridgehead atoms. The smallest absolute Gasteiger partial charge is 0.225 e. The van der Waals surface area contributed by atoms with Gasteiger partial charge in [0.15, 0.2) is 0 Å².